The van der Waals surface area contributed by atoms with Crippen molar-refractivity contribution in [3.63, 3.8) is 0 Å². The number of nitrogens with one attached hydrogen (secondary N) is 2. The molecule has 12 heteroatoms. The number of nitrogens with zero attached hydrogens (tertiary/aromatic N) is 4. The minimum absolute atomic E-state index is 0.0172. The maximum Gasteiger partial charge on any atom is 0.411 e. The molecule has 2 fully saturated rings. The quantitative estimate of drug-likeness (QED) is 0.197. The lowest BCUT2D eigenvalue weighted by Gasteiger charge is -2.31. The largest absolute Gasteiger partial charge is 0.488 e. The highest BCUT2D eigenvalue weighted by atomic mass is 16.6. The van der Waals surface area contributed by atoms with Crippen molar-refractivity contribution in [1.29, 1.82) is 0 Å². The first-order chi connectivity index (χ1) is 27.3. The van der Waals surface area contributed by atoms with E-state index in [0.717, 1.165) is 104 Å². The molecule has 4 aliphatic heterocycles. The molecule has 4 aromatic rings. The molecule has 2 aromatic carbocycles. The van der Waals surface area contributed by atoms with Gasteiger partial charge >= 0.3 is 12.2 Å². The van der Waals surface area contributed by atoms with Gasteiger partial charge < -0.3 is 28.9 Å². The van der Waals surface area contributed by atoms with E-state index in [2.05, 4.69) is 61.2 Å². The van der Waals surface area contributed by atoms with Crippen LogP contribution in [0.4, 0.5) is 9.59 Å². The van der Waals surface area contributed by atoms with E-state index in [-0.39, 0.29) is 36.4 Å². The van der Waals surface area contributed by atoms with Crippen molar-refractivity contribution in [3.8, 4) is 45.1 Å². The summed E-state index contributed by atoms with van der Waals surface area (Å²) in [5.74, 6) is 2.97. The maximum absolute atomic E-state index is 13.4. The van der Waals surface area contributed by atoms with Crippen LogP contribution >= 0.6 is 0 Å². The Bertz CT molecular complexity index is 2140. The van der Waals surface area contributed by atoms with Crippen molar-refractivity contribution in [1.82, 2.24) is 29.7 Å². The van der Waals surface area contributed by atoms with Crippen LogP contribution in [0.2, 0.25) is 0 Å². The molecule has 2 aromatic heterocycles. The van der Waals surface area contributed by atoms with Crippen LogP contribution in [0, 0.1) is 0 Å². The normalized spacial score (nSPS) is 21.0. The van der Waals surface area contributed by atoms with Gasteiger partial charge in [-0.05, 0) is 130 Å². The second kappa shape index (κ2) is 14.1. The molecule has 12 nitrogen and oxygen atoms in total. The van der Waals surface area contributed by atoms with Crippen LogP contribution in [0.3, 0.4) is 0 Å². The predicted molar refractivity (Wildman–Crippen MR) is 224 cm³/mol. The average molecular weight is 789 g/mol. The molecule has 4 aliphatic rings. The lowest BCUT2D eigenvalue weighted by Crippen LogP contribution is -2.40. The number of imidazole rings is 2. The van der Waals surface area contributed by atoms with Gasteiger partial charge in [0.05, 0.1) is 34.9 Å². The van der Waals surface area contributed by atoms with Crippen LogP contribution in [-0.4, -0.2) is 65.2 Å². The second-order valence-electron chi connectivity index (χ2n) is 18.5. The summed E-state index contributed by atoms with van der Waals surface area (Å²) in [6.07, 6.45) is 2.57. The highest BCUT2D eigenvalue weighted by molar-refractivity contribution is 5.90. The van der Waals surface area contributed by atoms with Crippen LogP contribution in [0.25, 0.3) is 44.8 Å². The summed E-state index contributed by atoms with van der Waals surface area (Å²) in [4.78, 5) is 47.7. The SMILES string of the molecule is C=C(C)c1nc([C@@H]2CC[C@H](C)N2C(=O)OC(C)(C)C)[nH]c1-c1cc2c3c(c1)OCc1cc(-c4[nH]c([C@@H]5CC[C@H](C)N5C(=O)OC(C)(C)C)nc4C(=C)C)cc(c1-3)OC2. The fourth-order valence-corrected chi connectivity index (χ4v) is 8.85. The fraction of sp³-hybridized carbons (Fsp3) is 0.478. The van der Waals surface area contributed by atoms with Crippen molar-refractivity contribution in [2.24, 2.45) is 0 Å². The molecule has 6 heterocycles. The first kappa shape index (κ1) is 39.3. The first-order valence-corrected chi connectivity index (χ1v) is 20.4. The molecule has 0 aliphatic carbocycles. The van der Waals surface area contributed by atoms with E-state index in [9.17, 15) is 9.59 Å². The molecule has 2 amide bonds. The summed E-state index contributed by atoms with van der Waals surface area (Å²) >= 11 is 0. The Morgan fingerprint density at radius 3 is 1.40 bits per heavy atom. The van der Waals surface area contributed by atoms with Crippen molar-refractivity contribution in [2.45, 2.75) is 144 Å². The van der Waals surface area contributed by atoms with Gasteiger partial charge in [-0.25, -0.2) is 19.6 Å². The number of carbonyl (C=O) groups excluding carboxylic acids is 2. The lowest BCUT2D eigenvalue weighted by molar-refractivity contribution is 0.0141. The van der Waals surface area contributed by atoms with Gasteiger partial charge in [0, 0.05) is 45.5 Å². The standard InChI is InChI=1S/C46H56N6O6/c1-23(2)37-39(49-41(47-37)31-15-13-25(5)51(31)43(53)57-45(7,8)9)27-17-29-21-56-34-20-28(18-30-22-55-33(19-27)35(29)36(30)34)40-38(24(3)4)48-42(50-40)32-16-14-26(6)52(32)44(54)58-46(10,11)12/h17-20,25-26,31-32H,1,3,13-16,21-22H2,2,4-12H3,(H,47,49)(H,48,50)/t25-,26-,31-,32-/m0/s1. The molecule has 58 heavy (non-hydrogen) atoms. The highest BCUT2D eigenvalue weighted by Gasteiger charge is 2.42. The fourth-order valence-electron chi connectivity index (χ4n) is 8.85. The van der Waals surface area contributed by atoms with Gasteiger partial charge in [0.25, 0.3) is 0 Å². The molecule has 0 spiro atoms. The molecular formula is C46H56N6O6. The van der Waals surface area contributed by atoms with E-state index in [1.165, 1.54) is 0 Å². The van der Waals surface area contributed by atoms with Crippen LogP contribution < -0.4 is 9.47 Å². The topological polar surface area (TPSA) is 135 Å². The third-order valence-corrected chi connectivity index (χ3v) is 11.4. The van der Waals surface area contributed by atoms with Gasteiger partial charge in [-0.3, -0.25) is 9.80 Å². The Morgan fingerprint density at radius 1 is 0.672 bits per heavy atom. The number of hydrogen-bond acceptors (Lipinski definition) is 8. The Balaban J connectivity index is 1.13. The van der Waals surface area contributed by atoms with E-state index in [4.69, 9.17) is 28.9 Å². The Kier molecular flexibility index (Phi) is 9.55. The zero-order chi connectivity index (χ0) is 41.6. The molecule has 2 saturated heterocycles. The van der Waals surface area contributed by atoms with Gasteiger partial charge in [-0.15, -0.1) is 0 Å². The number of amides is 2. The van der Waals surface area contributed by atoms with E-state index in [0.29, 0.717) is 24.9 Å². The van der Waals surface area contributed by atoms with Crippen LogP contribution in [-0.2, 0) is 22.7 Å². The molecule has 2 N–H and O–H groups in total. The van der Waals surface area contributed by atoms with Gasteiger partial charge in [0.15, 0.2) is 0 Å². The molecule has 0 unspecified atom stereocenters. The maximum atomic E-state index is 13.4. The highest BCUT2D eigenvalue weighted by Crippen LogP contribution is 2.52. The summed E-state index contributed by atoms with van der Waals surface area (Å²) in [5, 5.41) is 0. The van der Waals surface area contributed by atoms with Gasteiger partial charge in [-0.1, -0.05) is 13.2 Å². The number of H-pyrrole nitrogens is 2. The van der Waals surface area contributed by atoms with Gasteiger partial charge in [-0.2, -0.15) is 0 Å². The number of aromatic nitrogens is 4. The van der Waals surface area contributed by atoms with Crippen molar-refractivity contribution in [2.75, 3.05) is 0 Å². The van der Waals surface area contributed by atoms with Crippen LogP contribution in [0.15, 0.2) is 37.4 Å². The van der Waals surface area contributed by atoms with Crippen molar-refractivity contribution in [3.05, 3.63) is 71.6 Å². The van der Waals surface area contributed by atoms with Crippen LogP contribution in [0.5, 0.6) is 11.5 Å². The number of carbonyl (C=O) groups is 2. The third kappa shape index (κ3) is 7.04. The van der Waals surface area contributed by atoms with Gasteiger partial charge in [0.1, 0.15) is 47.6 Å². The molecule has 4 atom stereocenters. The number of aromatic amines is 2. The zero-order valence-electron chi connectivity index (χ0n) is 35.5. The zero-order valence-corrected chi connectivity index (χ0v) is 35.5. The van der Waals surface area contributed by atoms with E-state index >= 15 is 0 Å². The lowest BCUT2D eigenvalue weighted by atomic mass is 9.87. The van der Waals surface area contributed by atoms with Gasteiger partial charge in [0.2, 0.25) is 0 Å². The summed E-state index contributed by atoms with van der Waals surface area (Å²) in [6, 6.07) is 7.94. The minimum atomic E-state index is -0.606. The third-order valence-electron chi connectivity index (χ3n) is 11.4. The van der Waals surface area contributed by atoms with Crippen LogP contribution in [0.1, 0.15) is 141 Å². The summed E-state index contributed by atoms with van der Waals surface area (Å²) in [5.41, 5.74) is 9.43. The second-order valence-corrected chi connectivity index (χ2v) is 18.5. The molecule has 8 rings (SSSR count). The Morgan fingerprint density at radius 2 is 1.05 bits per heavy atom. The van der Waals surface area contributed by atoms with Crippen molar-refractivity contribution < 1.29 is 28.5 Å². The van der Waals surface area contributed by atoms with E-state index in [1.54, 1.807) is 0 Å². The Labute approximate surface area is 341 Å². The summed E-state index contributed by atoms with van der Waals surface area (Å²) in [6.45, 7) is 28.5. The Hall–Kier alpha value is -5.52. The molecule has 0 bridgehead atoms. The number of allylic oxidation sites excluding steroid dienone is 2. The summed E-state index contributed by atoms with van der Waals surface area (Å²) < 4.78 is 24.7. The number of hydrogen-bond donors (Lipinski definition) is 2. The number of rotatable bonds is 6. The molecule has 0 radical (unpaired) electrons. The van der Waals surface area contributed by atoms with Crippen molar-refractivity contribution >= 4 is 23.3 Å². The summed E-state index contributed by atoms with van der Waals surface area (Å²) in [7, 11) is 0. The first-order valence-electron chi connectivity index (χ1n) is 20.4. The number of likely N-dealkylation sites (tertiary alicyclic amines) is 2. The molecule has 0 saturated carbocycles. The monoisotopic (exact) mass is 788 g/mol. The molecule has 306 valence electrons. The number of ether oxygens (including phenoxy) is 4. The van der Waals surface area contributed by atoms with E-state index < -0.39 is 11.2 Å². The average Bonchev–Trinajstić information content (AvgIpc) is 3.93. The molecular weight excluding hydrogens is 733 g/mol. The van der Waals surface area contributed by atoms with E-state index in [1.807, 2.05) is 65.2 Å². The predicted octanol–water partition coefficient (Wildman–Crippen LogP) is 10.9. The number of benzene rings is 2. The smallest absolute Gasteiger partial charge is 0.411 e. The minimum Gasteiger partial charge on any atom is -0.488 e.